The molecule has 1 fully saturated rings. The standard InChI is InChI=1S/C16H24N2O2/c1-11-9-14(17)7-8-15(11)20-10-16(19)18-12(2)5-4-6-13(18)3/h7-9,12-13H,4-6,10,17H2,1-3H3. The molecular formula is C16H24N2O2. The summed E-state index contributed by atoms with van der Waals surface area (Å²) < 4.78 is 5.66. The molecule has 0 aromatic heterocycles. The van der Waals surface area contributed by atoms with E-state index < -0.39 is 0 Å². The number of amides is 1. The molecule has 2 N–H and O–H groups in total. The van der Waals surface area contributed by atoms with E-state index in [2.05, 4.69) is 13.8 Å². The number of anilines is 1. The summed E-state index contributed by atoms with van der Waals surface area (Å²) in [6.07, 6.45) is 3.36. The van der Waals surface area contributed by atoms with Crippen LogP contribution in [-0.2, 0) is 4.79 Å². The number of hydrogen-bond donors (Lipinski definition) is 1. The number of carbonyl (C=O) groups excluding carboxylic acids is 1. The van der Waals surface area contributed by atoms with E-state index in [4.69, 9.17) is 10.5 Å². The van der Waals surface area contributed by atoms with Crippen molar-refractivity contribution in [1.82, 2.24) is 4.90 Å². The van der Waals surface area contributed by atoms with Crippen LogP contribution >= 0.6 is 0 Å². The summed E-state index contributed by atoms with van der Waals surface area (Å²) in [4.78, 5) is 14.3. The normalized spacial score (nSPS) is 22.6. The second-order valence-electron chi connectivity index (χ2n) is 5.74. The molecule has 2 rings (SSSR count). The molecule has 1 aliphatic heterocycles. The van der Waals surface area contributed by atoms with Crippen LogP contribution in [0.25, 0.3) is 0 Å². The van der Waals surface area contributed by atoms with Gasteiger partial charge in [-0.05, 0) is 63.8 Å². The average molecular weight is 276 g/mol. The molecule has 0 spiro atoms. The first-order valence-electron chi connectivity index (χ1n) is 7.29. The molecule has 110 valence electrons. The van der Waals surface area contributed by atoms with Crippen molar-refractivity contribution in [3.05, 3.63) is 23.8 Å². The average Bonchev–Trinajstić information content (AvgIpc) is 2.37. The molecule has 1 amide bonds. The molecule has 0 radical (unpaired) electrons. The molecular weight excluding hydrogens is 252 g/mol. The predicted molar refractivity (Wildman–Crippen MR) is 80.7 cm³/mol. The number of nitrogen functional groups attached to an aromatic ring is 1. The van der Waals surface area contributed by atoms with E-state index in [0.717, 1.165) is 24.2 Å². The van der Waals surface area contributed by atoms with Crippen LogP contribution in [-0.4, -0.2) is 29.5 Å². The number of nitrogens with two attached hydrogens (primary N) is 1. The van der Waals surface area contributed by atoms with Gasteiger partial charge in [-0.2, -0.15) is 0 Å². The highest BCUT2D eigenvalue weighted by Crippen LogP contribution is 2.24. The third-order valence-electron chi connectivity index (χ3n) is 4.03. The quantitative estimate of drug-likeness (QED) is 0.864. The third kappa shape index (κ3) is 3.24. The fraction of sp³-hybridized carbons (Fsp3) is 0.562. The number of likely N-dealkylation sites (tertiary alicyclic amines) is 1. The Kier molecular flexibility index (Phi) is 4.53. The zero-order valence-electron chi connectivity index (χ0n) is 12.6. The van der Waals surface area contributed by atoms with Gasteiger partial charge >= 0.3 is 0 Å². The number of ether oxygens (including phenoxy) is 1. The Morgan fingerprint density at radius 1 is 1.35 bits per heavy atom. The van der Waals surface area contributed by atoms with Crippen LogP contribution in [0, 0.1) is 6.92 Å². The highest BCUT2D eigenvalue weighted by molar-refractivity contribution is 5.78. The lowest BCUT2D eigenvalue weighted by atomic mass is 9.97. The van der Waals surface area contributed by atoms with Crippen LogP contribution in [0.4, 0.5) is 5.69 Å². The fourth-order valence-electron chi connectivity index (χ4n) is 2.96. The number of carbonyl (C=O) groups is 1. The van der Waals surface area contributed by atoms with E-state index in [-0.39, 0.29) is 12.5 Å². The second-order valence-corrected chi connectivity index (χ2v) is 5.74. The Morgan fingerprint density at radius 2 is 2.00 bits per heavy atom. The fourth-order valence-corrected chi connectivity index (χ4v) is 2.96. The molecule has 1 aromatic rings. The summed E-state index contributed by atoms with van der Waals surface area (Å²) in [5.41, 5.74) is 7.37. The number of nitrogens with zero attached hydrogens (tertiary/aromatic N) is 1. The van der Waals surface area contributed by atoms with Crippen molar-refractivity contribution in [3.63, 3.8) is 0 Å². The number of rotatable bonds is 3. The van der Waals surface area contributed by atoms with Gasteiger partial charge in [0.1, 0.15) is 5.75 Å². The highest BCUT2D eigenvalue weighted by atomic mass is 16.5. The summed E-state index contributed by atoms with van der Waals surface area (Å²) in [6.45, 7) is 6.26. The maximum Gasteiger partial charge on any atom is 0.260 e. The van der Waals surface area contributed by atoms with E-state index in [1.54, 1.807) is 6.07 Å². The summed E-state index contributed by atoms with van der Waals surface area (Å²) >= 11 is 0. The predicted octanol–water partition coefficient (Wildman–Crippen LogP) is 2.75. The van der Waals surface area contributed by atoms with E-state index >= 15 is 0 Å². The molecule has 0 bridgehead atoms. The first-order chi connectivity index (χ1) is 9.49. The van der Waals surface area contributed by atoms with Gasteiger partial charge in [0.05, 0.1) is 0 Å². The van der Waals surface area contributed by atoms with Gasteiger partial charge in [-0.15, -0.1) is 0 Å². The molecule has 1 aromatic carbocycles. The smallest absolute Gasteiger partial charge is 0.260 e. The molecule has 1 heterocycles. The van der Waals surface area contributed by atoms with Crippen molar-refractivity contribution in [2.75, 3.05) is 12.3 Å². The first-order valence-corrected chi connectivity index (χ1v) is 7.29. The minimum Gasteiger partial charge on any atom is -0.483 e. The van der Waals surface area contributed by atoms with Crippen molar-refractivity contribution in [2.24, 2.45) is 0 Å². The molecule has 1 aliphatic rings. The summed E-state index contributed by atoms with van der Waals surface area (Å²) in [7, 11) is 0. The van der Waals surface area contributed by atoms with E-state index in [1.807, 2.05) is 24.0 Å². The summed E-state index contributed by atoms with van der Waals surface area (Å²) in [5.74, 6) is 0.797. The van der Waals surface area contributed by atoms with Crippen molar-refractivity contribution in [3.8, 4) is 5.75 Å². The van der Waals surface area contributed by atoms with Gasteiger partial charge in [0.25, 0.3) is 5.91 Å². The van der Waals surface area contributed by atoms with Crippen molar-refractivity contribution >= 4 is 11.6 Å². The van der Waals surface area contributed by atoms with Crippen molar-refractivity contribution < 1.29 is 9.53 Å². The van der Waals surface area contributed by atoms with Gasteiger partial charge in [-0.3, -0.25) is 4.79 Å². The second kappa shape index (κ2) is 6.16. The lowest BCUT2D eigenvalue weighted by molar-refractivity contribution is -0.139. The molecule has 0 saturated carbocycles. The van der Waals surface area contributed by atoms with Gasteiger partial charge in [0.2, 0.25) is 0 Å². The van der Waals surface area contributed by atoms with E-state index in [0.29, 0.717) is 17.8 Å². The Morgan fingerprint density at radius 3 is 2.60 bits per heavy atom. The Labute approximate surface area is 120 Å². The molecule has 4 nitrogen and oxygen atoms in total. The van der Waals surface area contributed by atoms with Crippen LogP contribution in [0.15, 0.2) is 18.2 Å². The van der Waals surface area contributed by atoms with Crippen molar-refractivity contribution in [1.29, 1.82) is 0 Å². The van der Waals surface area contributed by atoms with Crippen LogP contribution in [0.5, 0.6) is 5.75 Å². The monoisotopic (exact) mass is 276 g/mol. The highest BCUT2D eigenvalue weighted by Gasteiger charge is 2.28. The molecule has 4 heteroatoms. The number of aryl methyl sites for hydroxylation is 1. The summed E-state index contributed by atoms with van der Waals surface area (Å²) in [5, 5.41) is 0. The Balaban J connectivity index is 1.97. The zero-order chi connectivity index (χ0) is 14.7. The number of piperidine rings is 1. The van der Waals surface area contributed by atoms with Crippen LogP contribution < -0.4 is 10.5 Å². The Bertz CT molecular complexity index is 477. The first kappa shape index (κ1) is 14.7. The van der Waals surface area contributed by atoms with Gasteiger partial charge < -0.3 is 15.4 Å². The molecule has 1 saturated heterocycles. The lowest BCUT2D eigenvalue weighted by Crippen LogP contribution is -2.49. The van der Waals surface area contributed by atoms with Gasteiger partial charge in [0, 0.05) is 17.8 Å². The van der Waals surface area contributed by atoms with Crippen LogP contribution in [0.2, 0.25) is 0 Å². The number of hydrogen-bond acceptors (Lipinski definition) is 3. The topological polar surface area (TPSA) is 55.6 Å². The molecule has 20 heavy (non-hydrogen) atoms. The lowest BCUT2D eigenvalue weighted by Gasteiger charge is -2.39. The zero-order valence-corrected chi connectivity index (χ0v) is 12.6. The van der Waals surface area contributed by atoms with Crippen molar-refractivity contribution in [2.45, 2.75) is 52.1 Å². The van der Waals surface area contributed by atoms with Gasteiger partial charge in [0.15, 0.2) is 6.61 Å². The summed E-state index contributed by atoms with van der Waals surface area (Å²) in [6, 6.07) is 6.08. The van der Waals surface area contributed by atoms with Crippen LogP contribution in [0.3, 0.4) is 0 Å². The molecule has 0 aliphatic carbocycles. The van der Waals surface area contributed by atoms with Gasteiger partial charge in [-0.1, -0.05) is 0 Å². The molecule has 2 atom stereocenters. The Hall–Kier alpha value is -1.71. The van der Waals surface area contributed by atoms with E-state index in [1.165, 1.54) is 6.42 Å². The number of benzene rings is 1. The maximum absolute atomic E-state index is 12.3. The third-order valence-corrected chi connectivity index (χ3v) is 4.03. The SMILES string of the molecule is Cc1cc(N)ccc1OCC(=O)N1C(C)CCCC1C. The van der Waals surface area contributed by atoms with E-state index in [9.17, 15) is 4.79 Å². The molecule has 2 unspecified atom stereocenters. The minimum absolute atomic E-state index is 0.0703. The van der Waals surface area contributed by atoms with Gasteiger partial charge in [-0.25, -0.2) is 0 Å². The van der Waals surface area contributed by atoms with Crippen LogP contribution in [0.1, 0.15) is 38.7 Å². The minimum atomic E-state index is 0.0703. The largest absolute Gasteiger partial charge is 0.483 e. The maximum atomic E-state index is 12.3.